The van der Waals surface area contributed by atoms with Gasteiger partial charge < -0.3 is 15.4 Å². The van der Waals surface area contributed by atoms with Crippen LogP contribution in [0.25, 0.3) is 0 Å². The van der Waals surface area contributed by atoms with Crippen LogP contribution in [0.4, 0.5) is 30.2 Å². The first-order valence-corrected chi connectivity index (χ1v) is 6.87. The van der Waals surface area contributed by atoms with Crippen molar-refractivity contribution in [2.75, 3.05) is 17.2 Å². The molecule has 0 atom stereocenters. The van der Waals surface area contributed by atoms with Crippen LogP contribution in [0.15, 0.2) is 48.5 Å². The molecule has 7 nitrogen and oxygen atoms in total. The molecule has 10 heteroatoms. The minimum absolute atomic E-state index is 0.113. The van der Waals surface area contributed by atoms with Gasteiger partial charge in [-0.05, 0) is 24.3 Å². The first-order chi connectivity index (χ1) is 11.7. The first kappa shape index (κ1) is 18.0. The van der Waals surface area contributed by atoms with E-state index >= 15 is 0 Å². The van der Waals surface area contributed by atoms with Crippen molar-refractivity contribution in [2.24, 2.45) is 0 Å². The van der Waals surface area contributed by atoms with Gasteiger partial charge in [-0.15, -0.1) is 13.2 Å². The largest absolute Gasteiger partial charge is 0.573 e. The van der Waals surface area contributed by atoms with Gasteiger partial charge in [-0.2, -0.15) is 0 Å². The zero-order chi connectivity index (χ0) is 18.4. The number of nitro benzene ring substituents is 1. The Balaban J connectivity index is 1.89. The minimum atomic E-state index is -4.80. The average molecular weight is 355 g/mol. The van der Waals surface area contributed by atoms with Crippen LogP contribution < -0.4 is 15.4 Å². The number of benzene rings is 2. The number of nitrogens with zero attached hydrogens (tertiary/aromatic N) is 1. The summed E-state index contributed by atoms with van der Waals surface area (Å²) < 4.78 is 40.3. The molecule has 0 aliphatic heterocycles. The van der Waals surface area contributed by atoms with Gasteiger partial charge in [0, 0.05) is 29.6 Å². The molecule has 0 saturated carbocycles. The van der Waals surface area contributed by atoms with Crippen LogP contribution in [-0.2, 0) is 4.79 Å². The Kier molecular flexibility index (Phi) is 5.42. The number of anilines is 2. The summed E-state index contributed by atoms with van der Waals surface area (Å²) in [5.41, 5.74) is 0.504. The number of carbonyl (C=O) groups is 1. The molecule has 0 aliphatic carbocycles. The number of nitrogens with one attached hydrogen (secondary N) is 2. The number of amides is 1. The van der Waals surface area contributed by atoms with E-state index < -0.39 is 22.9 Å². The second-order valence-electron chi connectivity index (χ2n) is 4.78. The standard InChI is InChI=1S/C15H12F3N3O4/c16-15(17,18)25-13-3-1-2-11(8-13)19-9-14(22)20-10-4-6-12(7-5-10)21(23)24/h1-8,19H,9H2,(H,20,22). The molecule has 1 amide bonds. The molecule has 2 aromatic carbocycles. The van der Waals surface area contributed by atoms with Crippen LogP contribution in [-0.4, -0.2) is 23.7 Å². The maximum absolute atomic E-state index is 12.2. The van der Waals surface area contributed by atoms with E-state index in [2.05, 4.69) is 15.4 Å². The third kappa shape index (κ3) is 6.01. The molecule has 0 radical (unpaired) electrons. The zero-order valence-corrected chi connectivity index (χ0v) is 12.5. The van der Waals surface area contributed by atoms with Crippen molar-refractivity contribution in [3.8, 4) is 5.75 Å². The second kappa shape index (κ2) is 7.51. The van der Waals surface area contributed by atoms with Gasteiger partial charge in [0.25, 0.3) is 5.69 Å². The van der Waals surface area contributed by atoms with Gasteiger partial charge in [-0.1, -0.05) is 6.07 Å². The summed E-state index contributed by atoms with van der Waals surface area (Å²) in [4.78, 5) is 21.8. The maximum Gasteiger partial charge on any atom is 0.573 e. The molecule has 0 unspecified atom stereocenters. The van der Waals surface area contributed by atoms with E-state index in [9.17, 15) is 28.1 Å². The summed E-state index contributed by atoms with van der Waals surface area (Å²) in [6.45, 7) is -0.216. The summed E-state index contributed by atoms with van der Waals surface area (Å²) in [5, 5.41) is 15.7. The fourth-order valence-corrected chi connectivity index (χ4v) is 1.86. The fraction of sp³-hybridized carbons (Fsp3) is 0.133. The minimum Gasteiger partial charge on any atom is -0.406 e. The zero-order valence-electron chi connectivity index (χ0n) is 12.5. The highest BCUT2D eigenvalue weighted by atomic mass is 19.4. The van der Waals surface area contributed by atoms with E-state index in [1.54, 1.807) is 0 Å². The van der Waals surface area contributed by atoms with Crippen LogP contribution in [0.1, 0.15) is 0 Å². The first-order valence-electron chi connectivity index (χ1n) is 6.87. The Morgan fingerprint density at radius 1 is 1.12 bits per heavy atom. The highest BCUT2D eigenvalue weighted by molar-refractivity contribution is 5.93. The molecule has 0 bridgehead atoms. The molecule has 25 heavy (non-hydrogen) atoms. The van der Waals surface area contributed by atoms with Gasteiger partial charge >= 0.3 is 6.36 Å². The van der Waals surface area contributed by atoms with E-state index in [0.29, 0.717) is 5.69 Å². The molecule has 2 N–H and O–H groups in total. The Morgan fingerprint density at radius 2 is 1.80 bits per heavy atom. The topological polar surface area (TPSA) is 93.5 Å². The van der Waals surface area contributed by atoms with Gasteiger partial charge in [-0.3, -0.25) is 14.9 Å². The third-order valence-electron chi connectivity index (χ3n) is 2.88. The van der Waals surface area contributed by atoms with E-state index in [4.69, 9.17) is 0 Å². The van der Waals surface area contributed by atoms with Crippen molar-refractivity contribution in [3.05, 3.63) is 58.6 Å². The monoisotopic (exact) mass is 355 g/mol. The molecule has 2 aromatic rings. The highest BCUT2D eigenvalue weighted by Crippen LogP contribution is 2.25. The number of hydrogen-bond acceptors (Lipinski definition) is 5. The van der Waals surface area contributed by atoms with Crippen LogP contribution >= 0.6 is 0 Å². The molecule has 0 spiro atoms. The van der Waals surface area contributed by atoms with Gasteiger partial charge in [-0.25, -0.2) is 0 Å². The van der Waals surface area contributed by atoms with E-state index in [0.717, 1.165) is 12.1 Å². The number of nitro groups is 1. The Bertz CT molecular complexity index is 763. The van der Waals surface area contributed by atoms with Crippen molar-refractivity contribution >= 4 is 23.0 Å². The molecule has 0 heterocycles. The predicted octanol–water partition coefficient (Wildman–Crippen LogP) is 3.54. The van der Waals surface area contributed by atoms with Gasteiger partial charge in [0.1, 0.15) is 5.75 Å². The number of alkyl halides is 3. The van der Waals surface area contributed by atoms with Crippen molar-refractivity contribution < 1.29 is 27.6 Å². The lowest BCUT2D eigenvalue weighted by Gasteiger charge is -2.11. The number of carbonyl (C=O) groups excluding carboxylic acids is 1. The Morgan fingerprint density at radius 3 is 2.40 bits per heavy atom. The lowest BCUT2D eigenvalue weighted by atomic mass is 10.3. The van der Waals surface area contributed by atoms with Gasteiger partial charge in [0.15, 0.2) is 0 Å². The van der Waals surface area contributed by atoms with E-state index in [1.165, 1.54) is 36.4 Å². The molecule has 0 aromatic heterocycles. The van der Waals surface area contributed by atoms with Gasteiger partial charge in [0.05, 0.1) is 11.5 Å². The van der Waals surface area contributed by atoms with Crippen molar-refractivity contribution in [2.45, 2.75) is 6.36 Å². The highest BCUT2D eigenvalue weighted by Gasteiger charge is 2.31. The SMILES string of the molecule is O=C(CNc1cccc(OC(F)(F)F)c1)Nc1ccc([N+](=O)[O-])cc1. The second-order valence-corrected chi connectivity index (χ2v) is 4.78. The third-order valence-corrected chi connectivity index (χ3v) is 2.88. The van der Waals surface area contributed by atoms with Crippen LogP contribution in [0.5, 0.6) is 5.75 Å². The summed E-state index contributed by atoms with van der Waals surface area (Å²) >= 11 is 0. The maximum atomic E-state index is 12.2. The van der Waals surface area contributed by atoms with Gasteiger partial charge in [0.2, 0.25) is 5.91 Å². The lowest BCUT2D eigenvalue weighted by molar-refractivity contribution is -0.384. The molecule has 132 valence electrons. The normalized spacial score (nSPS) is 10.8. The quantitative estimate of drug-likeness (QED) is 0.611. The molecule has 2 rings (SSSR count). The Labute approximate surface area is 139 Å². The van der Waals surface area contributed by atoms with Crippen molar-refractivity contribution in [1.82, 2.24) is 0 Å². The van der Waals surface area contributed by atoms with Crippen LogP contribution in [0.3, 0.4) is 0 Å². The number of halogens is 3. The van der Waals surface area contributed by atoms with Crippen molar-refractivity contribution in [1.29, 1.82) is 0 Å². The number of hydrogen-bond donors (Lipinski definition) is 2. The molecule has 0 saturated heterocycles. The van der Waals surface area contributed by atoms with E-state index in [-0.39, 0.29) is 17.9 Å². The van der Waals surface area contributed by atoms with Crippen LogP contribution in [0, 0.1) is 10.1 Å². The lowest BCUT2D eigenvalue weighted by Crippen LogP contribution is -2.22. The van der Waals surface area contributed by atoms with Crippen molar-refractivity contribution in [3.63, 3.8) is 0 Å². The number of ether oxygens (including phenoxy) is 1. The summed E-state index contributed by atoms with van der Waals surface area (Å²) in [7, 11) is 0. The molecule has 0 fully saturated rings. The average Bonchev–Trinajstić information content (AvgIpc) is 2.52. The summed E-state index contributed by atoms with van der Waals surface area (Å²) in [5.74, 6) is -0.885. The molecular weight excluding hydrogens is 343 g/mol. The fourth-order valence-electron chi connectivity index (χ4n) is 1.86. The number of non-ortho nitro benzene ring substituents is 1. The Hall–Kier alpha value is -3.30. The summed E-state index contributed by atoms with van der Waals surface area (Å²) in [6.07, 6.45) is -4.80. The molecule has 0 aliphatic rings. The molecular formula is C15H12F3N3O4. The van der Waals surface area contributed by atoms with Crippen LogP contribution in [0.2, 0.25) is 0 Å². The summed E-state index contributed by atoms with van der Waals surface area (Å²) in [6, 6.07) is 10.3. The predicted molar refractivity (Wildman–Crippen MR) is 83.3 cm³/mol. The smallest absolute Gasteiger partial charge is 0.406 e. The number of rotatable bonds is 6. The van der Waals surface area contributed by atoms with E-state index in [1.807, 2.05) is 0 Å².